The summed E-state index contributed by atoms with van der Waals surface area (Å²) in [7, 11) is 0. The number of piperidine rings is 1. The quantitative estimate of drug-likeness (QED) is 0.772. The Hall–Kier alpha value is -0.0800. The Balaban J connectivity index is 2.21. The number of likely N-dealkylation sites (tertiary alicyclic amines) is 1. The third-order valence-corrected chi connectivity index (χ3v) is 3.03. The lowest BCUT2D eigenvalue weighted by atomic mass is 9.92. The second kappa shape index (κ2) is 5.31. The molecule has 0 bridgehead atoms. The summed E-state index contributed by atoms with van der Waals surface area (Å²) in [5.41, 5.74) is 0.257. The van der Waals surface area contributed by atoms with Gasteiger partial charge in [-0.05, 0) is 39.0 Å². The Morgan fingerprint density at radius 3 is 2.13 bits per heavy atom. The molecule has 0 radical (unpaired) electrons. The molecule has 0 aromatic carbocycles. The molecule has 1 saturated heterocycles. The van der Waals surface area contributed by atoms with Crippen LogP contribution in [-0.2, 0) is 0 Å². The van der Waals surface area contributed by atoms with Gasteiger partial charge in [0.25, 0.3) is 0 Å². The highest BCUT2D eigenvalue weighted by Gasteiger charge is 2.21. The van der Waals surface area contributed by atoms with Crippen LogP contribution in [0.5, 0.6) is 0 Å². The molecule has 0 aromatic rings. The smallest absolute Gasteiger partial charge is 0.0107 e. The van der Waals surface area contributed by atoms with Gasteiger partial charge in [-0.25, -0.2) is 0 Å². The maximum atomic E-state index is 3.56. The van der Waals surface area contributed by atoms with Crippen molar-refractivity contribution in [2.24, 2.45) is 11.8 Å². The van der Waals surface area contributed by atoms with Crippen molar-refractivity contribution in [1.29, 1.82) is 0 Å². The predicted octanol–water partition coefficient (Wildman–Crippen LogP) is 2.35. The molecular formula is C13H28N2. The van der Waals surface area contributed by atoms with Crippen LogP contribution >= 0.6 is 0 Å². The molecule has 15 heavy (non-hydrogen) atoms. The second-order valence-corrected chi connectivity index (χ2v) is 6.38. The summed E-state index contributed by atoms with van der Waals surface area (Å²) in [6, 6.07) is 0. The van der Waals surface area contributed by atoms with E-state index in [0.29, 0.717) is 0 Å². The molecule has 2 heteroatoms. The van der Waals surface area contributed by atoms with Gasteiger partial charge in [0.1, 0.15) is 0 Å². The Kier molecular flexibility index (Phi) is 4.60. The zero-order chi connectivity index (χ0) is 11.5. The molecule has 1 heterocycles. The number of nitrogens with one attached hydrogen (secondary N) is 1. The molecule has 0 amide bonds. The summed E-state index contributed by atoms with van der Waals surface area (Å²) < 4.78 is 0. The van der Waals surface area contributed by atoms with Gasteiger partial charge in [0, 0.05) is 31.7 Å². The van der Waals surface area contributed by atoms with Crippen LogP contribution in [0.1, 0.15) is 41.0 Å². The van der Waals surface area contributed by atoms with E-state index in [1.54, 1.807) is 0 Å². The molecule has 0 aliphatic carbocycles. The first-order valence-corrected chi connectivity index (χ1v) is 6.34. The molecule has 1 aliphatic rings. The topological polar surface area (TPSA) is 15.3 Å². The van der Waals surface area contributed by atoms with Crippen LogP contribution in [0.25, 0.3) is 0 Å². The van der Waals surface area contributed by atoms with E-state index in [1.165, 1.54) is 26.1 Å². The summed E-state index contributed by atoms with van der Waals surface area (Å²) in [6.45, 7) is 16.3. The normalized spacial score (nSPS) is 29.4. The van der Waals surface area contributed by atoms with Gasteiger partial charge in [0.2, 0.25) is 0 Å². The maximum Gasteiger partial charge on any atom is 0.0107 e. The summed E-state index contributed by atoms with van der Waals surface area (Å²) in [5.74, 6) is 1.76. The lowest BCUT2D eigenvalue weighted by Gasteiger charge is -2.35. The van der Waals surface area contributed by atoms with E-state index in [1.807, 2.05) is 0 Å². The number of hydrogen-bond acceptors (Lipinski definition) is 2. The van der Waals surface area contributed by atoms with E-state index >= 15 is 0 Å². The molecule has 2 atom stereocenters. The highest BCUT2D eigenvalue weighted by Crippen LogP contribution is 2.20. The summed E-state index contributed by atoms with van der Waals surface area (Å²) in [4.78, 5) is 2.61. The monoisotopic (exact) mass is 212 g/mol. The largest absolute Gasteiger partial charge is 0.311 e. The van der Waals surface area contributed by atoms with Crippen LogP contribution in [0.2, 0.25) is 0 Å². The van der Waals surface area contributed by atoms with Crippen LogP contribution < -0.4 is 5.32 Å². The zero-order valence-corrected chi connectivity index (χ0v) is 11.1. The number of hydrogen-bond donors (Lipinski definition) is 1. The molecule has 0 saturated carbocycles. The van der Waals surface area contributed by atoms with Crippen molar-refractivity contribution in [2.45, 2.75) is 46.6 Å². The van der Waals surface area contributed by atoms with E-state index in [-0.39, 0.29) is 5.54 Å². The Morgan fingerprint density at radius 2 is 1.67 bits per heavy atom. The SMILES string of the molecule is CC1CC(C)CN(CCNC(C)(C)C)C1. The van der Waals surface area contributed by atoms with Gasteiger partial charge in [0.05, 0.1) is 0 Å². The minimum absolute atomic E-state index is 0.257. The van der Waals surface area contributed by atoms with Gasteiger partial charge in [-0.15, -0.1) is 0 Å². The molecule has 0 spiro atoms. The minimum Gasteiger partial charge on any atom is -0.311 e. The zero-order valence-electron chi connectivity index (χ0n) is 11.1. The van der Waals surface area contributed by atoms with Crippen LogP contribution in [-0.4, -0.2) is 36.6 Å². The molecule has 1 aliphatic heterocycles. The third-order valence-electron chi connectivity index (χ3n) is 3.03. The van der Waals surface area contributed by atoms with Crippen LogP contribution in [0.15, 0.2) is 0 Å². The molecule has 2 nitrogen and oxygen atoms in total. The molecule has 90 valence electrons. The standard InChI is InChI=1S/C13H28N2/c1-11-8-12(2)10-15(9-11)7-6-14-13(3,4)5/h11-12,14H,6-10H2,1-5H3. The fourth-order valence-electron chi connectivity index (χ4n) is 2.56. The third kappa shape index (κ3) is 5.53. The van der Waals surface area contributed by atoms with Crippen LogP contribution in [0, 0.1) is 11.8 Å². The van der Waals surface area contributed by atoms with E-state index in [2.05, 4.69) is 44.8 Å². The average Bonchev–Trinajstić information content (AvgIpc) is 1.99. The second-order valence-electron chi connectivity index (χ2n) is 6.38. The van der Waals surface area contributed by atoms with Crippen LogP contribution in [0.4, 0.5) is 0 Å². The fourth-order valence-corrected chi connectivity index (χ4v) is 2.56. The molecule has 0 aromatic heterocycles. The van der Waals surface area contributed by atoms with Crippen LogP contribution in [0.3, 0.4) is 0 Å². The Bertz CT molecular complexity index is 173. The lowest BCUT2D eigenvalue weighted by molar-refractivity contribution is 0.139. The van der Waals surface area contributed by atoms with Crippen molar-refractivity contribution in [2.75, 3.05) is 26.2 Å². The summed E-state index contributed by atoms with van der Waals surface area (Å²) in [6.07, 6.45) is 1.41. The number of rotatable bonds is 3. The fraction of sp³-hybridized carbons (Fsp3) is 1.00. The first-order chi connectivity index (χ1) is 6.87. The summed E-state index contributed by atoms with van der Waals surface area (Å²) >= 11 is 0. The van der Waals surface area contributed by atoms with Crippen molar-refractivity contribution in [1.82, 2.24) is 10.2 Å². The van der Waals surface area contributed by atoms with E-state index in [0.717, 1.165) is 18.4 Å². The van der Waals surface area contributed by atoms with Gasteiger partial charge in [0.15, 0.2) is 0 Å². The van der Waals surface area contributed by atoms with E-state index < -0.39 is 0 Å². The molecule has 1 rings (SSSR count). The minimum atomic E-state index is 0.257. The van der Waals surface area contributed by atoms with E-state index in [4.69, 9.17) is 0 Å². The summed E-state index contributed by atoms with van der Waals surface area (Å²) in [5, 5.41) is 3.56. The highest BCUT2D eigenvalue weighted by molar-refractivity contribution is 4.77. The molecule has 1 fully saturated rings. The molecular weight excluding hydrogens is 184 g/mol. The van der Waals surface area contributed by atoms with Crippen molar-refractivity contribution < 1.29 is 0 Å². The van der Waals surface area contributed by atoms with Gasteiger partial charge in [-0.1, -0.05) is 13.8 Å². The predicted molar refractivity (Wildman–Crippen MR) is 67.1 cm³/mol. The van der Waals surface area contributed by atoms with Crippen molar-refractivity contribution >= 4 is 0 Å². The van der Waals surface area contributed by atoms with Gasteiger partial charge in [-0.3, -0.25) is 0 Å². The van der Waals surface area contributed by atoms with Crippen molar-refractivity contribution in [3.05, 3.63) is 0 Å². The highest BCUT2D eigenvalue weighted by atomic mass is 15.2. The maximum absolute atomic E-state index is 3.56. The van der Waals surface area contributed by atoms with E-state index in [9.17, 15) is 0 Å². The van der Waals surface area contributed by atoms with Gasteiger partial charge < -0.3 is 10.2 Å². The van der Waals surface area contributed by atoms with Crippen molar-refractivity contribution in [3.8, 4) is 0 Å². The number of nitrogens with zero attached hydrogens (tertiary/aromatic N) is 1. The Labute approximate surface area is 95.4 Å². The van der Waals surface area contributed by atoms with Gasteiger partial charge >= 0.3 is 0 Å². The van der Waals surface area contributed by atoms with Crippen molar-refractivity contribution in [3.63, 3.8) is 0 Å². The first kappa shape index (κ1) is 13.0. The average molecular weight is 212 g/mol. The first-order valence-electron chi connectivity index (χ1n) is 6.34. The molecule has 1 N–H and O–H groups in total. The Morgan fingerprint density at radius 1 is 1.13 bits per heavy atom. The lowest BCUT2D eigenvalue weighted by Crippen LogP contribution is -2.45. The molecule has 2 unspecified atom stereocenters. The van der Waals surface area contributed by atoms with Gasteiger partial charge in [-0.2, -0.15) is 0 Å².